The zero-order valence-electron chi connectivity index (χ0n) is 16.5. The Morgan fingerprint density at radius 2 is 1.10 bits per heavy atom. The Morgan fingerprint density at radius 3 is 1.60 bits per heavy atom. The molecule has 3 rings (SSSR count). The fourth-order valence-electron chi connectivity index (χ4n) is 2.85. The second-order valence-electron chi connectivity index (χ2n) is 6.87. The third-order valence-corrected chi connectivity index (χ3v) is 4.40. The lowest BCUT2D eigenvalue weighted by Gasteiger charge is -2.03. The van der Waals surface area contributed by atoms with Crippen molar-refractivity contribution in [2.75, 3.05) is 0 Å². The molecule has 0 aliphatic rings. The highest BCUT2D eigenvalue weighted by Crippen LogP contribution is 2.17. The topological polar surface area (TPSA) is 0 Å². The Hall–Kier alpha value is -3.50. The summed E-state index contributed by atoms with van der Waals surface area (Å²) in [6, 6.07) is 11.7. The lowest BCUT2D eigenvalue weighted by atomic mass is 10.1. The van der Waals surface area contributed by atoms with Crippen molar-refractivity contribution < 1.29 is 17.6 Å². The monoisotopic (exact) mass is 406 g/mol. The minimum atomic E-state index is -0.891. The van der Waals surface area contributed by atoms with Gasteiger partial charge in [-0.25, -0.2) is 17.6 Å². The van der Waals surface area contributed by atoms with E-state index in [9.17, 15) is 17.6 Å². The summed E-state index contributed by atoms with van der Waals surface area (Å²) in [5.74, 6) is 6.58. The van der Waals surface area contributed by atoms with E-state index < -0.39 is 28.8 Å². The summed E-state index contributed by atoms with van der Waals surface area (Å²) < 4.78 is 57.0. The molecule has 0 nitrogen and oxygen atoms in total. The molecule has 0 atom stereocenters. The Kier molecular flexibility index (Phi) is 6.60. The molecule has 150 valence electrons. The van der Waals surface area contributed by atoms with Crippen molar-refractivity contribution in [3.8, 4) is 23.7 Å². The lowest BCUT2D eigenvalue weighted by Crippen LogP contribution is -1.95. The first-order chi connectivity index (χ1) is 14.4. The molecule has 0 radical (unpaired) electrons. The highest BCUT2D eigenvalue weighted by Gasteiger charge is 2.11. The fourth-order valence-corrected chi connectivity index (χ4v) is 2.85. The Morgan fingerprint density at radius 1 is 0.633 bits per heavy atom. The van der Waals surface area contributed by atoms with Crippen molar-refractivity contribution in [2.24, 2.45) is 0 Å². The van der Waals surface area contributed by atoms with Crippen LogP contribution in [0.15, 0.2) is 48.5 Å². The summed E-state index contributed by atoms with van der Waals surface area (Å²) in [6.07, 6.45) is 1.30. The van der Waals surface area contributed by atoms with Crippen LogP contribution in [-0.2, 0) is 6.42 Å². The van der Waals surface area contributed by atoms with Gasteiger partial charge in [-0.2, -0.15) is 0 Å². The largest absolute Gasteiger partial charge is 0.206 e. The Balaban J connectivity index is 1.90. The third-order valence-electron chi connectivity index (χ3n) is 4.40. The minimum Gasteiger partial charge on any atom is -0.206 e. The molecule has 3 aromatic rings. The van der Waals surface area contributed by atoms with E-state index in [0.717, 1.165) is 24.1 Å². The Bertz CT molecular complexity index is 1150. The second-order valence-corrected chi connectivity index (χ2v) is 6.87. The van der Waals surface area contributed by atoms with Gasteiger partial charge in [0.05, 0.1) is 11.1 Å². The first-order valence-electron chi connectivity index (χ1n) is 9.45. The lowest BCUT2D eigenvalue weighted by molar-refractivity contribution is 0.573. The van der Waals surface area contributed by atoms with E-state index in [4.69, 9.17) is 0 Å². The molecule has 0 amide bonds. The molecule has 0 aromatic heterocycles. The van der Waals surface area contributed by atoms with Crippen molar-refractivity contribution in [1.29, 1.82) is 0 Å². The van der Waals surface area contributed by atoms with Gasteiger partial charge in [0, 0.05) is 11.1 Å². The van der Waals surface area contributed by atoms with Gasteiger partial charge in [-0.15, -0.1) is 0 Å². The summed E-state index contributed by atoms with van der Waals surface area (Å²) in [5.41, 5.74) is 1.35. The zero-order valence-corrected chi connectivity index (χ0v) is 16.5. The zero-order chi connectivity index (χ0) is 21.7. The first-order valence-corrected chi connectivity index (χ1v) is 9.45. The van der Waals surface area contributed by atoms with E-state index in [1.807, 2.05) is 26.0 Å². The van der Waals surface area contributed by atoms with Crippen LogP contribution in [0.4, 0.5) is 17.6 Å². The van der Waals surface area contributed by atoms with E-state index in [1.54, 1.807) is 12.1 Å². The molecule has 3 aromatic carbocycles. The van der Waals surface area contributed by atoms with Gasteiger partial charge in [0.25, 0.3) is 0 Å². The van der Waals surface area contributed by atoms with Crippen LogP contribution in [0.2, 0.25) is 0 Å². The number of halogens is 4. The maximum Gasteiger partial charge on any atom is 0.143 e. The van der Waals surface area contributed by atoms with E-state index in [2.05, 4.69) is 23.7 Å². The molecule has 0 N–H and O–H groups in total. The average molecular weight is 406 g/mol. The molecule has 4 heteroatoms. The van der Waals surface area contributed by atoms with Gasteiger partial charge in [0.1, 0.15) is 23.3 Å². The standard InChI is InChI=1S/C26H18F4/c1-3-4-19-13-23(27)22(24(28)14-19)12-10-20-15-25(29)21(26(30)16-20)11-9-18-7-5-17(2)6-8-18/h5-8,13-16H,3-4H2,1-2H3. The van der Waals surface area contributed by atoms with Crippen LogP contribution < -0.4 is 0 Å². The van der Waals surface area contributed by atoms with E-state index in [0.29, 0.717) is 17.5 Å². The highest BCUT2D eigenvalue weighted by atomic mass is 19.1. The number of rotatable bonds is 2. The number of hydrogen-bond donors (Lipinski definition) is 0. The van der Waals surface area contributed by atoms with Gasteiger partial charge in [-0.1, -0.05) is 54.7 Å². The average Bonchev–Trinajstić information content (AvgIpc) is 2.68. The van der Waals surface area contributed by atoms with Gasteiger partial charge in [-0.3, -0.25) is 0 Å². The van der Waals surface area contributed by atoms with Crippen LogP contribution in [0.3, 0.4) is 0 Å². The van der Waals surface area contributed by atoms with E-state index >= 15 is 0 Å². The summed E-state index contributed by atoms with van der Waals surface area (Å²) in [5, 5.41) is 0. The molecular formula is C26H18F4. The molecule has 0 heterocycles. The summed E-state index contributed by atoms with van der Waals surface area (Å²) in [7, 11) is 0. The normalized spacial score (nSPS) is 10.1. The van der Waals surface area contributed by atoms with Gasteiger partial charge < -0.3 is 0 Å². The summed E-state index contributed by atoms with van der Waals surface area (Å²) in [6.45, 7) is 3.83. The molecule has 0 spiro atoms. The molecular weight excluding hydrogens is 388 g/mol. The van der Waals surface area contributed by atoms with Crippen molar-refractivity contribution >= 4 is 0 Å². The Labute approximate surface area is 173 Å². The smallest absolute Gasteiger partial charge is 0.143 e. The van der Waals surface area contributed by atoms with Gasteiger partial charge in [0.2, 0.25) is 0 Å². The predicted octanol–water partition coefficient (Wildman–Crippen LogP) is 6.30. The van der Waals surface area contributed by atoms with Crippen molar-refractivity contribution in [3.05, 3.63) is 105 Å². The fraction of sp³-hybridized carbons (Fsp3) is 0.154. The molecule has 0 aliphatic heterocycles. The number of hydrogen-bond acceptors (Lipinski definition) is 0. The van der Waals surface area contributed by atoms with E-state index in [1.165, 1.54) is 12.1 Å². The first kappa shape index (κ1) is 21.2. The maximum atomic E-state index is 14.3. The van der Waals surface area contributed by atoms with Gasteiger partial charge >= 0.3 is 0 Å². The van der Waals surface area contributed by atoms with Crippen LogP contribution in [0.5, 0.6) is 0 Å². The maximum absolute atomic E-state index is 14.3. The van der Waals surface area contributed by atoms with E-state index in [-0.39, 0.29) is 11.1 Å². The van der Waals surface area contributed by atoms with Crippen molar-refractivity contribution in [3.63, 3.8) is 0 Å². The van der Waals surface area contributed by atoms with Crippen LogP contribution in [0.1, 0.15) is 46.7 Å². The van der Waals surface area contributed by atoms with Crippen LogP contribution in [-0.4, -0.2) is 0 Å². The molecule has 0 saturated heterocycles. The second kappa shape index (κ2) is 9.33. The predicted molar refractivity (Wildman–Crippen MR) is 110 cm³/mol. The van der Waals surface area contributed by atoms with Gasteiger partial charge in [0.15, 0.2) is 0 Å². The summed E-state index contributed by atoms with van der Waals surface area (Å²) >= 11 is 0. The SMILES string of the molecule is CCCc1cc(F)c(C#Cc2cc(F)c(C#Cc3ccc(C)cc3)c(F)c2)c(F)c1. The highest BCUT2D eigenvalue weighted by molar-refractivity contribution is 5.50. The van der Waals surface area contributed by atoms with Gasteiger partial charge in [-0.05, 0) is 55.3 Å². The van der Waals surface area contributed by atoms with Crippen LogP contribution in [0.25, 0.3) is 0 Å². The van der Waals surface area contributed by atoms with Crippen molar-refractivity contribution in [1.82, 2.24) is 0 Å². The third kappa shape index (κ3) is 5.10. The molecule has 30 heavy (non-hydrogen) atoms. The molecule has 0 unspecified atom stereocenters. The quantitative estimate of drug-likeness (QED) is 0.346. The van der Waals surface area contributed by atoms with Crippen LogP contribution >= 0.6 is 0 Å². The molecule has 0 saturated carbocycles. The van der Waals surface area contributed by atoms with Crippen LogP contribution in [0, 0.1) is 53.9 Å². The number of aryl methyl sites for hydroxylation is 2. The number of benzene rings is 3. The summed E-state index contributed by atoms with van der Waals surface area (Å²) in [4.78, 5) is 0. The minimum absolute atomic E-state index is 0.0395. The molecule has 0 fully saturated rings. The molecule has 0 bridgehead atoms. The molecule has 0 aliphatic carbocycles. The van der Waals surface area contributed by atoms with Crippen molar-refractivity contribution in [2.45, 2.75) is 26.7 Å².